The summed E-state index contributed by atoms with van der Waals surface area (Å²) in [6, 6.07) is 87.1. The third-order valence-corrected chi connectivity index (χ3v) is 12.4. The smallest absolute Gasteiger partial charge is 0.137 e. The van der Waals surface area contributed by atoms with Crippen molar-refractivity contribution in [2.75, 3.05) is 4.90 Å². The van der Waals surface area contributed by atoms with Crippen molar-refractivity contribution in [1.29, 1.82) is 0 Å². The molecule has 0 aliphatic heterocycles. The van der Waals surface area contributed by atoms with Gasteiger partial charge in [-0.2, -0.15) is 0 Å². The average molecular weight is 805 g/mol. The molecule has 12 aromatic rings. The number of aromatic nitrogens is 1. The molecule has 0 spiro atoms. The molecule has 3 nitrogen and oxygen atoms in total. The van der Waals surface area contributed by atoms with Crippen LogP contribution in [0.4, 0.5) is 17.1 Å². The first-order valence-electron chi connectivity index (χ1n) is 21.5. The molecule has 2 heterocycles. The van der Waals surface area contributed by atoms with Crippen LogP contribution in [0.15, 0.2) is 247 Å². The topological polar surface area (TPSA) is 21.3 Å². The van der Waals surface area contributed by atoms with E-state index in [9.17, 15) is 0 Å². The van der Waals surface area contributed by atoms with E-state index in [2.05, 4.69) is 240 Å². The third kappa shape index (κ3) is 6.55. The summed E-state index contributed by atoms with van der Waals surface area (Å²) in [5, 5.41) is 4.76. The molecular weight excluding hydrogens is 765 g/mol. The number of furan rings is 1. The number of rotatable bonds is 8. The van der Waals surface area contributed by atoms with Gasteiger partial charge in [0.15, 0.2) is 0 Å². The molecule has 0 bridgehead atoms. The second-order valence-corrected chi connectivity index (χ2v) is 16.2. The van der Waals surface area contributed by atoms with Crippen molar-refractivity contribution in [2.24, 2.45) is 0 Å². The highest BCUT2D eigenvalue weighted by atomic mass is 16.3. The quantitative estimate of drug-likeness (QED) is 0.153. The number of hydrogen-bond acceptors (Lipinski definition) is 2. The fourth-order valence-corrected chi connectivity index (χ4v) is 9.30. The second-order valence-electron chi connectivity index (χ2n) is 16.2. The van der Waals surface area contributed by atoms with Crippen LogP contribution in [0, 0.1) is 0 Å². The summed E-state index contributed by atoms with van der Waals surface area (Å²) >= 11 is 0. The standard InChI is InChI=1S/C60H40N2O/c1-3-13-41(14-4-1)46-37-47(42-15-5-2-6-16-42)39-48(38-46)45-27-31-50(32-28-45)61(52-35-36-56-55-19-9-12-22-59(55)63-60(56)40-52)49-29-23-43(24-30-49)44-25-33-51(34-26-44)62-57-20-10-7-17-53(57)54-18-8-11-21-58(54)62/h1-40H. The number of benzene rings is 10. The molecule has 10 aromatic carbocycles. The van der Waals surface area contributed by atoms with Gasteiger partial charge in [0.05, 0.1) is 11.0 Å². The number of nitrogens with zero attached hydrogens (tertiary/aromatic N) is 2. The van der Waals surface area contributed by atoms with Crippen molar-refractivity contribution in [3.8, 4) is 50.2 Å². The first kappa shape index (κ1) is 36.5. The molecule has 0 saturated heterocycles. The Kier molecular flexibility index (Phi) is 8.83. The van der Waals surface area contributed by atoms with Gasteiger partial charge in [-0.25, -0.2) is 0 Å². The van der Waals surface area contributed by atoms with Crippen LogP contribution in [0.2, 0.25) is 0 Å². The fraction of sp³-hybridized carbons (Fsp3) is 0. The zero-order valence-electron chi connectivity index (χ0n) is 34.4. The summed E-state index contributed by atoms with van der Waals surface area (Å²) in [5.41, 5.74) is 17.9. The van der Waals surface area contributed by atoms with Gasteiger partial charge in [0.25, 0.3) is 0 Å². The van der Waals surface area contributed by atoms with Crippen molar-refractivity contribution in [3.63, 3.8) is 0 Å². The minimum Gasteiger partial charge on any atom is -0.456 e. The molecule has 296 valence electrons. The van der Waals surface area contributed by atoms with Gasteiger partial charge in [0.1, 0.15) is 11.2 Å². The van der Waals surface area contributed by atoms with Crippen LogP contribution >= 0.6 is 0 Å². The number of anilines is 3. The predicted octanol–water partition coefficient (Wildman–Crippen LogP) is 16.8. The first-order chi connectivity index (χ1) is 31.2. The molecule has 63 heavy (non-hydrogen) atoms. The SMILES string of the molecule is c1ccc(-c2cc(-c3ccccc3)cc(-c3ccc(N(c4ccc(-c5ccc(-n6c7ccccc7c7ccccc76)cc5)cc4)c4ccc5c(c4)oc4ccccc45)cc3)c2)cc1. The maximum atomic E-state index is 6.42. The molecule has 12 rings (SSSR count). The van der Waals surface area contributed by atoms with Crippen molar-refractivity contribution < 1.29 is 4.42 Å². The third-order valence-electron chi connectivity index (χ3n) is 12.4. The maximum absolute atomic E-state index is 6.42. The van der Waals surface area contributed by atoms with Gasteiger partial charge in [-0.05, 0) is 129 Å². The molecule has 0 amide bonds. The number of para-hydroxylation sites is 3. The Morgan fingerprint density at radius 2 is 0.667 bits per heavy atom. The van der Waals surface area contributed by atoms with Gasteiger partial charge in [-0.15, -0.1) is 0 Å². The zero-order chi connectivity index (χ0) is 41.7. The van der Waals surface area contributed by atoms with Crippen molar-refractivity contribution in [1.82, 2.24) is 4.57 Å². The molecule has 0 saturated carbocycles. The van der Waals surface area contributed by atoms with Gasteiger partial charge in [-0.1, -0.05) is 152 Å². The minimum absolute atomic E-state index is 0.862. The van der Waals surface area contributed by atoms with Crippen LogP contribution in [0.3, 0.4) is 0 Å². The van der Waals surface area contributed by atoms with E-state index in [0.717, 1.165) is 55.8 Å². The van der Waals surface area contributed by atoms with E-state index < -0.39 is 0 Å². The first-order valence-corrected chi connectivity index (χ1v) is 21.5. The van der Waals surface area contributed by atoms with E-state index in [4.69, 9.17) is 4.42 Å². The molecule has 0 fully saturated rings. The molecule has 2 aromatic heterocycles. The van der Waals surface area contributed by atoms with Gasteiger partial charge in [-0.3, -0.25) is 0 Å². The van der Waals surface area contributed by atoms with Crippen LogP contribution in [-0.2, 0) is 0 Å². The highest BCUT2D eigenvalue weighted by Gasteiger charge is 2.17. The van der Waals surface area contributed by atoms with Gasteiger partial charge < -0.3 is 13.9 Å². The molecule has 0 N–H and O–H groups in total. The Labute approximate surface area is 366 Å². The molecule has 3 heteroatoms. The lowest BCUT2D eigenvalue weighted by Gasteiger charge is -2.26. The van der Waals surface area contributed by atoms with Crippen LogP contribution < -0.4 is 4.90 Å². The average Bonchev–Trinajstić information content (AvgIpc) is 3.90. The molecule has 0 atom stereocenters. The van der Waals surface area contributed by atoms with E-state index in [0.29, 0.717) is 0 Å². The van der Waals surface area contributed by atoms with E-state index in [-0.39, 0.29) is 0 Å². The van der Waals surface area contributed by atoms with E-state index in [1.165, 1.54) is 55.2 Å². The van der Waals surface area contributed by atoms with Crippen LogP contribution in [0.1, 0.15) is 0 Å². The normalized spacial score (nSPS) is 11.5. The summed E-state index contributed by atoms with van der Waals surface area (Å²) in [5.74, 6) is 0. The zero-order valence-corrected chi connectivity index (χ0v) is 34.4. The lowest BCUT2D eigenvalue weighted by Crippen LogP contribution is -2.09. The predicted molar refractivity (Wildman–Crippen MR) is 264 cm³/mol. The Bertz CT molecular complexity index is 3470. The molecule has 0 unspecified atom stereocenters. The Balaban J connectivity index is 0.920. The number of fused-ring (bicyclic) bond motifs is 6. The molecule has 0 aliphatic carbocycles. The highest BCUT2D eigenvalue weighted by Crippen LogP contribution is 2.41. The fourth-order valence-electron chi connectivity index (χ4n) is 9.30. The number of hydrogen-bond donors (Lipinski definition) is 0. The molecular formula is C60H40N2O. The second kappa shape index (κ2) is 15.3. The lowest BCUT2D eigenvalue weighted by atomic mass is 9.93. The monoisotopic (exact) mass is 804 g/mol. The summed E-state index contributed by atoms with van der Waals surface area (Å²) < 4.78 is 8.78. The summed E-state index contributed by atoms with van der Waals surface area (Å²) in [6.07, 6.45) is 0. The van der Waals surface area contributed by atoms with Crippen molar-refractivity contribution in [3.05, 3.63) is 243 Å². The Morgan fingerprint density at radius 1 is 0.270 bits per heavy atom. The largest absolute Gasteiger partial charge is 0.456 e. The maximum Gasteiger partial charge on any atom is 0.137 e. The van der Waals surface area contributed by atoms with Gasteiger partial charge in [0, 0.05) is 50.4 Å². The summed E-state index contributed by atoms with van der Waals surface area (Å²) in [6.45, 7) is 0. The van der Waals surface area contributed by atoms with Crippen molar-refractivity contribution in [2.45, 2.75) is 0 Å². The van der Waals surface area contributed by atoms with Crippen LogP contribution in [-0.4, -0.2) is 4.57 Å². The summed E-state index contributed by atoms with van der Waals surface area (Å²) in [4.78, 5) is 2.32. The minimum atomic E-state index is 0.862. The Morgan fingerprint density at radius 3 is 1.21 bits per heavy atom. The lowest BCUT2D eigenvalue weighted by molar-refractivity contribution is 0.669. The molecule has 0 radical (unpaired) electrons. The van der Waals surface area contributed by atoms with E-state index in [1.54, 1.807) is 0 Å². The van der Waals surface area contributed by atoms with Gasteiger partial charge >= 0.3 is 0 Å². The van der Waals surface area contributed by atoms with Crippen LogP contribution in [0.25, 0.3) is 93.9 Å². The van der Waals surface area contributed by atoms with Crippen molar-refractivity contribution >= 4 is 60.8 Å². The van der Waals surface area contributed by atoms with Gasteiger partial charge in [0.2, 0.25) is 0 Å². The molecule has 0 aliphatic rings. The van der Waals surface area contributed by atoms with E-state index >= 15 is 0 Å². The highest BCUT2D eigenvalue weighted by molar-refractivity contribution is 6.09. The van der Waals surface area contributed by atoms with E-state index in [1.807, 2.05) is 12.1 Å². The summed E-state index contributed by atoms with van der Waals surface area (Å²) in [7, 11) is 0. The Hall–Kier alpha value is -8.40. The van der Waals surface area contributed by atoms with Crippen LogP contribution in [0.5, 0.6) is 0 Å².